The van der Waals surface area contributed by atoms with Gasteiger partial charge in [-0.15, -0.1) is 0 Å². The molecule has 1 rings (SSSR count). The first-order valence-corrected chi connectivity index (χ1v) is 6.42. The van der Waals surface area contributed by atoms with Crippen LogP contribution in [-0.4, -0.2) is 18.3 Å². The van der Waals surface area contributed by atoms with Gasteiger partial charge in [0.25, 0.3) is 6.43 Å². The summed E-state index contributed by atoms with van der Waals surface area (Å²) in [6.07, 6.45) is 1.72. The lowest BCUT2D eigenvalue weighted by Gasteiger charge is -2.06. The lowest BCUT2D eigenvalue weighted by molar-refractivity contribution is 0.151. The molecule has 0 aliphatic carbocycles. The summed E-state index contributed by atoms with van der Waals surface area (Å²) >= 11 is 0. The van der Waals surface area contributed by atoms with E-state index >= 15 is 0 Å². The van der Waals surface area contributed by atoms with Crippen LogP contribution in [0.25, 0.3) is 0 Å². The van der Waals surface area contributed by atoms with Crippen LogP contribution in [0.2, 0.25) is 0 Å². The van der Waals surface area contributed by atoms with E-state index in [-0.39, 0.29) is 12.2 Å². The Labute approximate surface area is 107 Å². The van der Waals surface area contributed by atoms with E-state index < -0.39 is 6.43 Å². The summed E-state index contributed by atoms with van der Waals surface area (Å²) in [6.45, 7) is 1.90. The van der Waals surface area contributed by atoms with Crippen molar-refractivity contribution in [3.05, 3.63) is 35.4 Å². The average molecular weight is 257 g/mol. The van der Waals surface area contributed by atoms with Crippen LogP contribution in [0.4, 0.5) is 8.78 Å². The van der Waals surface area contributed by atoms with E-state index in [1.807, 2.05) is 0 Å². The van der Waals surface area contributed by atoms with Crippen molar-refractivity contribution in [2.45, 2.75) is 38.7 Å². The topological polar surface area (TPSA) is 32.3 Å². The molecule has 0 aliphatic heterocycles. The van der Waals surface area contributed by atoms with Gasteiger partial charge in [0.05, 0.1) is 0 Å². The predicted molar refractivity (Wildman–Crippen MR) is 68.7 cm³/mol. The van der Waals surface area contributed by atoms with E-state index in [2.05, 4.69) is 5.32 Å². The highest BCUT2D eigenvalue weighted by Gasteiger charge is 2.05. The highest BCUT2D eigenvalue weighted by molar-refractivity contribution is 5.23. The van der Waals surface area contributed by atoms with Crippen molar-refractivity contribution in [3.8, 4) is 0 Å². The molecule has 1 aromatic carbocycles. The fourth-order valence-electron chi connectivity index (χ4n) is 1.73. The fraction of sp³-hybridized carbons (Fsp3) is 0.571. The number of nitrogens with one attached hydrogen (secondary N) is 1. The van der Waals surface area contributed by atoms with Gasteiger partial charge in [0, 0.05) is 18.7 Å². The standard InChI is InChI=1S/C14H21F2NO/c15-14(16)13-7-5-12(6-8-13)11-17-9-3-1-2-4-10-18/h5-8,14,17-18H,1-4,9-11H2. The highest BCUT2D eigenvalue weighted by atomic mass is 19.3. The van der Waals surface area contributed by atoms with Crippen LogP contribution >= 0.6 is 0 Å². The first-order chi connectivity index (χ1) is 8.74. The molecule has 2 nitrogen and oxygen atoms in total. The van der Waals surface area contributed by atoms with Gasteiger partial charge < -0.3 is 10.4 Å². The first kappa shape index (κ1) is 15.1. The maximum absolute atomic E-state index is 12.3. The summed E-state index contributed by atoms with van der Waals surface area (Å²) in [5.41, 5.74) is 1.09. The predicted octanol–water partition coefficient (Wildman–Crippen LogP) is 3.27. The lowest BCUT2D eigenvalue weighted by Crippen LogP contribution is -2.14. The molecule has 4 heteroatoms. The maximum Gasteiger partial charge on any atom is 0.263 e. The number of alkyl halides is 2. The molecule has 0 aliphatic rings. The summed E-state index contributed by atoms with van der Waals surface area (Å²) in [6, 6.07) is 6.42. The second kappa shape index (κ2) is 9.00. The number of benzene rings is 1. The third kappa shape index (κ3) is 6.07. The summed E-state index contributed by atoms with van der Waals surface area (Å²) in [4.78, 5) is 0. The molecule has 0 heterocycles. The van der Waals surface area contributed by atoms with E-state index in [4.69, 9.17) is 5.11 Å². The van der Waals surface area contributed by atoms with Crippen LogP contribution < -0.4 is 5.32 Å². The molecule has 0 saturated carbocycles. The molecule has 2 N–H and O–H groups in total. The van der Waals surface area contributed by atoms with E-state index in [1.165, 1.54) is 12.1 Å². The largest absolute Gasteiger partial charge is 0.396 e. The number of halogens is 2. The number of unbranched alkanes of at least 4 members (excludes halogenated alkanes) is 3. The molecule has 0 bridgehead atoms. The van der Waals surface area contributed by atoms with Crippen LogP contribution in [-0.2, 0) is 6.54 Å². The van der Waals surface area contributed by atoms with Gasteiger partial charge in [-0.1, -0.05) is 37.1 Å². The van der Waals surface area contributed by atoms with Gasteiger partial charge in [0.1, 0.15) is 0 Å². The van der Waals surface area contributed by atoms with E-state index in [1.54, 1.807) is 12.1 Å². The number of aliphatic hydroxyl groups is 1. The van der Waals surface area contributed by atoms with Gasteiger partial charge in [0.15, 0.2) is 0 Å². The quantitative estimate of drug-likeness (QED) is 0.665. The van der Waals surface area contributed by atoms with E-state index in [0.29, 0.717) is 6.54 Å². The van der Waals surface area contributed by atoms with Crippen molar-refractivity contribution in [1.29, 1.82) is 0 Å². The Hall–Kier alpha value is -1.00. The summed E-state index contributed by atoms with van der Waals surface area (Å²) in [7, 11) is 0. The molecular formula is C14H21F2NO. The van der Waals surface area contributed by atoms with E-state index in [9.17, 15) is 8.78 Å². The first-order valence-electron chi connectivity index (χ1n) is 6.42. The molecular weight excluding hydrogens is 236 g/mol. The second-order valence-electron chi connectivity index (χ2n) is 4.36. The van der Waals surface area contributed by atoms with Gasteiger partial charge in [-0.25, -0.2) is 8.78 Å². The Balaban J connectivity index is 2.12. The van der Waals surface area contributed by atoms with Crippen LogP contribution in [0.15, 0.2) is 24.3 Å². The summed E-state index contributed by atoms with van der Waals surface area (Å²) < 4.78 is 24.6. The minimum Gasteiger partial charge on any atom is -0.396 e. The molecule has 0 aromatic heterocycles. The minimum atomic E-state index is -2.39. The molecule has 0 amide bonds. The zero-order valence-corrected chi connectivity index (χ0v) is 10.5. The molecule has 0 spiro atoms. The van der Waals surface area contributed by atoms with Crippen molar-refractivity contribution < 1.29 is 13.9 Å². The van der Waals surface area contributed by atoms with Gasteiger partial charge in [-0.3, -0.25) is 0 Å². The van der Waals surface area contributed by atoms with Gasteiger partial charge in [0.2, 0.25) is 0 Å². The molecule has 0 unspecified atom stereocenters. The zero-order chi connectivity index (χ0) is 13.2. The third-order valence-corrected chi connectivity index (χ3v) is 2.82. The molecule has 102 valence electrons. The SMILES string of the molecule is OCCCCCCNCc1ccc(C(F)F)cc1. The van der Waals surface area contributed by atoms with Gasteiger partial charge >= 0.3 is 0 Å². The summed E-state index contributed by atoms with van der Waals surface area (Å²) in [5.74, 6) is 0. The summed E-state index contributed by atoms with van der Waals surface area (Å²) in [5, 5.41) is 11.9. The Morgan fingerprint density at radius 2 is 1.67 bits per heavy atom. The number of hydrogen-bond acceptors (Lipinski definition) is 2. The second-order valence-corrected chi connectivity index (χ2v) is 4.36. The smallest absolute Gasteiger partial charge is 0.263 e. The van der Waals surface area contributed by atoms with Crippen molar-refractivity contribution in [2.75, 3.05) is 13.2 Å². The average Bonchev–Trinajstić information content (AvgIpc) is 2.38. The molecule has 18 heavy (non-hydrogen) atoms. The number of rotatable bonds is 9. The fourth-order valence-corrected chi connectivity index (χ4v) is 1.73. The monoisotopic (exact) mass is 257 g/mol. The van der Waals surface area contributed by atoms with E-state index in [0.717, 1.165) is 37.8 Å². The van der Waals surface area contributed by atoms with Crippen LogP contribution in [0.1, 0.15) is 43.2 Å². The molecule has 1 aromatic rings. The number of hydrogen-bond donors (Lipinski definition) is 2. The van der Waals surface area contributed by atoms with Crippen molar-refractivity contribution in [3.63, 3.8) is 0 Å². The Morgan fingerprint density at radius 1 is 1.00 bits per heavy atom. The molecule has 0 radical (unpaired) electrons. The third-order valence-electron chi connectivity index (χ3n) is 2.82. The maximum atomic E-state index is 12.3. The highest BCUT2D eigenvalue weighted by Crippen LogP contribution is 2.18. The molecule has 0 fully saturated rings. The zero-order valence-electron chi connectivity index (χ0n) is 10.5. The Bertz CT molecular complexity index is 314. The molecule has 0 saturated heterocycles. The van der Waals surface area contributed by atoms with Crippen molar-refractivity contribution in [1.82, 2.24) is 5.32 Å². The van der Waals surface area contributed by atoms with Crippen molar-refractivity contribution in [2.24, 2.45) is 0 Å². The van der Waals surface area contributed by atoms with Gasteiger partial charge in [-0.05, 0) is 24.9 Å². The lowest BCUT2D eigenvalue weighted by atomic mass is 10.1. The van der Waals surface area contributed by atoms with Crippen LogP contribution in [0.3, 0.4) is 0 Å². The Morgan fingerprint density at radius 3 is 2.28 bits per heavy atom. The van der Waals surface area contributed by atoms with Gasteiger partial charge in [-0.2, -0.15) is 0 Å². The van der Waals surface area contributed by atoms with Crippen molar-refractivity contribution >= 4 is 0 Å². The van der Waals surface area contributed by atoms with Crippen LogP contribution in [0.5, 0.6) is 0 Å². The Kier molecular flexibility index (Phi) is 7.53. The van der Waals surface area contributed by atoms with Crippen LogP contribution in [0, 0.1) is 0 Å². The number of aliphatic hydroxyl groups excluding tert-OH is 1. The normalized spacial score (nSPS) is 11.1. The minimum absolute atomic E-state index is 0.0720. The molecule has 0 atom stereocenters.